The number of nitrogens with two attached hydrogens (primary N) is 1. The van der Waals surface area contributed by atoms with E-state index in [0.717, 1.165) is 18.9 Å². The lowest BCUT2D eigenvalue weighted by atomic mass is 9.84. The van der Waals surface area contributed by atoms with Gasteiger partial charge in [-0.2, -0.15) is 0 Å². The van der Waals surface area contributed by atoms with Crippen molar-refractivity contribution in [1.82, 2.24) is 0 Å². The fourth-order valence-corrected chi connectivity index (χ4v) is 2.42. The van der Waals surface area contributed by atoms with Crippen LogP contribution in [0.5, 0.6) is 5.75 Å². The molecule has 1 atom stereocenters. The van der Waals surface area contributed by atoms with Crippen molar-refractivity contribution in [2.24, 2.45) is 5.73 Å². The summed E-state index contributed by atoms with van der Waals surface area (Å²) in [6, 6.07) is 1.73. The Labute approximate surface area is 99.8 Å². The highest BCUT2D eigenvalue weighted by Crippen LogP contribution is 2.43. The SMILES string of the molecule is CCC1(CC)CC(N)c2cc(F)cc(F)c2O1. The molecule has 1 aromatic carbocycles. The highest BCUT2D eigenvalue weighted by molar-refractivity contribution is 5.40. The van der Waals surface area contributed by atoms with Gasteiger partial charge in [0.15, 0.2) is 11.6 Å². The summed E-state index contributed by atoms with van der Waals surface area (Å²) in [7, 11) is 0. The normalized spacial score (nSPS) is 21.8. The lowest BCUT2D eigenvalue weighted by Gasteiger charge is -2.40. The first-order chi connectivity index (χ1) is 8.01. The Kier molecular flexibility index (Phi) is 3.08. The van der Waals surface area contributed by atoms with Crippen molar-refractivity contribution >= 4 is 0 Å². The van der Waals surface area contributed by atoms with Crippen LogP contribution in [0.25, 0.3) is 0 Å². The van der Waals surface area contributed by atoms with Crippen molar-refractivity contribution in [3.63, 3.8) is 0 Å². The van der Waals surface area contributed by atoms with Crippen molar-refractivity contribution in [2.75, 3.05) is 0 Å². The summed E-state index contributed by atoms with van der Waals surface area (Å²) in [6.07, 6.45) is 2.11. The van der Waals surface area contributed by atoms with Crippen LogP contribution in [0.3, 0.4) is 0 Å². The number of halogens is 2. The third-order valence-corrected chi connectivity index (χ3v) is 3.64. The van der Waals surface area contributed by atoms with Crippen LogP contribution in [-0.4, -0.2) is 5.60 Å². The van der Waals surface area contributed by atoms with Crippen molar-refractivity contribution in [3.05, 3.63) is 29.3 Å². The lowest BCUT2D eigenvalue weighted by Crippen LogP contribution is -2.42. The van der Waals surface area contributed by atoms with Crippen LogP contribution >= 0.6 is 0 Å². The van der Waals surface area contributed by atoms with Crippen LogP contribution in [0.4, 0.5) is 8.78 Å². The molecule has 0 aromatic heterocycles. The van der Waals surface area contributed by atoms with E-state index in [0.29, 0.717) is 12.0 Å². The standard InChI is InChI=1S/C13H17F2NO/c1-3-13(4-2)7-11(16)9-5-8(14)6-10(15)12(9)17-13/h5-6,11H,3-4,7,16H2,1-2H3. The number of ether oxygens (including phenoxy) is 1. The second-order valence-electron chi connectivity index (χ2n) is 4.61. The second-order valence-corrected chi connectivity index (χ2v) is 4.61. The van der Waals surface area contributed by atoms with Crippen LogP contribution in [0, 0.1) is 11.6 Å². The summed E-state index contributed by atoms with van der Waals surface area (Å²) in [5, 5.41) is 0. The van der Waals surface area contributed by atoms with Crippen LogP contribution < -0.4 is 10.5 Å². The van der Waals surface area contributed by atoms with Gasteiger partial charge in [0.25, 0.3) is 0 Å². The third-order valence-electron chi connectivity index (χ3n) is 3.64. The highest BCUT2D eigenvalue weighted by atomic mass is 19.1. The van der Waals surface area contributed by atoms with E-state index >= 15 is 0 Å². The molecule has 4 heteroatoms. The lowest BCUT2D eigenvalue weighted by molar-refractivity contribution is 0.0237. The molecule has 1 aliphatic heterocycles. The number of fused-ring (bicyclic) bond motifs is 1. The average Bonchev–Trinajstić information content (AvgIpc) is 2.30. The summed E-state index contributed by atoms with van der Waals surface area (Å²) < 4.78 is 32.6. The van der Waals surface area contributed by atoms with Crippen LogP contribution in [0.1, 0.15) is 44.7 Å². The van der Waals surface area contributed by atoms with Gasteiger partial charge in [-0.3, -0.25) is 0 Å². The van der Waals surface area contributed by atoms with Gasteiger partial charge in [-0.1, -0.05) is 13.8 Å². The predicted octanol–water partition coefficient (Wildman–Crippen LogP) is 3.31. The van der Waals surface area contributed by atoms with E-state index in [9.17, 15) is 8.78 Å². The molecule has 0 bridgehead atoms. The molecule has 17 heavy (non-hydrogen) atoms. The van der Waals surface area contributed by atoms with E-state index < -0.39 is 17.2 Å². The summed E-state index contributed by atoms with van der Waals surface area (Å²) in [5.41, 5.74) is 6.00. The number of rotatable bonds is 2. The maximum atomic E-state index is 13.7. The first kappa shape index (κ1) is 12.3. The molecule has 1 aliphatic rings. The average molecular weight is 241 g/mol. The van der Waals surface area contributed by atoms with Crippen molar-refractivity contribution in [3.8, 4) is 5.75 Å². The Morgan fingerprint density at radius 1 is 1.35 bits per heavy atom. The quantitative estimate of drug-likeness (QED) is 0.862. The topological polar surface area (TPSA) is 35.2 Å². The zero-order chi connectivity index (χ0) is 12.6. The van der Waals surface area contributed by atoms with Crippen LogP contribution in [-0.2, 0) is 0 Å². The number of hydrogen-bond acceptors (Lipinski definition) is 2. The molecule has 1 aromatic rings. The minimum Gasteiger partial charge on any atom is -0.484 e. The number of hydrogen-bond donors (Lipinski definition) is 1. The van der Waals surface area contributed by atoms with Gasteiger partial charge in [-0.05, 0) is 18.9 Å². The highest BCUT2D eigenvalue weighted by Gasteiger charge is 2.38. The third kappa shape index (κ3) is 2.02. The Morgan fingerprint density at radius 3 is 2.59 bits per heavy atom. The Morgan fingerprint density at radius 2 is 2.00 bits per heavy atom. The van der Waals surface area contributed by atoms with Gasteiger partial charge in [0, 0.05) is 24.1 Å². The molecular weight excluding hydrogens is 224 g/mol. The fraction of sp³-hybridized carbons (Fsp3) is 0.538. The maximum absolute atomic E-state index is 13.7. The number of benzene rings is 1. The molecule has 0 radical (unpaired) electrons. The summed E-state index contributed by atoms with van der Waals surface area (Å²) in [6.45, 7) is 3.98. The molecule has 2 nitrogen and oxygen atoms in total. The minimum absolute atomic E-state index is 0.119. The molecule has 0 aliphatic carbocycles. The molecule has 0 saturated carbocycles. The van der Waals surface area contributed by atoms with Crippen molar-refractivity contribution in [2.45, 2.75) is 44.8 Å². The van der Waals surface area contributed by atoms with Crippen LogP contribution in [0.2, 0.25) is 0 Å². The molecular formula is C13H17F2NO. The zero-order valence-electron chi connectivity index (χ0n) is 10.1. The van der Waals surface area contributed by atoms with Crippen molar-refractivity contribution in [1.29, 1.82) is 0 Å². The molecule has 1 unspecified atom stereocenters. The van der Waals surface area contributed by atoms with Gasteiger partial charge in [0.1, 0.15) is 11.4 Å². The fourth-order valence-electron chi connectivity index (χ4n) is 2.42. The second kappa shape index (κ2) is 4.26. The molecule has 0 saturated heterocycles. The minimum atomic E-state index is -0.665. The molecule has 0 fully saturated rings. The monoisotopic (exact) mass is 241 g/mol. The van der Waals surface area contributed by atoms with E-state index in [-0.39, 0.29) is 11.8 Å². The molecule has 2 N–H and O–H groups in total. The molecule has 2 rings (SSSR count). The van der Waals surface area contributed by atoms with E-state index in [1.165, 1.54) is 6.07 Å². The van der Waals surface area contributed by atoms with Crippen LogP contribution in [0.15, 0.2) is 12.1 Å². The van der Waals surface area contributed by atoms with E-state index in [1.807, 2.05) is 13.8 Å². The van der Waals surface area contributed by atoms with Gasteiger partial charge >= 0.3 is 0 Å². The van der Waals surface area contributed by atoms with Gasteiger partial charge in [-0.15, -0.1) is 0 Å². The Bertz CT molecular complexity index is 430. The Hall–Kier alpha value is -1.16. The molecule has 0 amide bonds. The zero-order valence-corrected chi connectivity index (χ0v) is 10.1. The van der Waals surface area contributed by atoms with Gasteiger partial charge in [0.05, 0.1) is 0 Å². The van der Waals surface area contributed by atoms with Gasteiger partial charge < -0.3 is 10.5 Å². The van der Waals surface area contributed by atoms with Gasteiger partial charge in [-0.25, -0.2) is 8.78 Å². The smallest absolute Gasteiger partial charge is 0.168 e. The van der Waals surface area contributed by atoms with E-state index in [2.05, 4.69) is 0 Å². The molecule has 0 spiro atoms. The Balaban J connectivity index is 2.49. The first-order valence-corrected chi connectivity index (χ1v) is 5.95. The largest absolute Gasteiger partial charge is 0.484 e. The van der Waals surface area contributed by atoms with Crippen molar-refractivity contribution < 1.29 is 13.5 Å². The molecule has 1 heterocycles. The van der Waals surface area contributed by atoms with E-state index in [4.69, 9.17) is 10.5 Å². The summed E-state index contributed by atoms with van der Waals surface area (Å²) >= 11 is 0. The van der Waals surface area contributed by atoms with Gasteiger partial charge in [0.2, 0.25) is 0 Å². The molecule has 94 valence electrons. The summed E-state index contributed by atoms with van der Waals surface area (Å²) in [5.74, 6) is -1.16. The maximum Gasteiger partial charge on any atom is 0.168 e. The predicted molar refractivity (Wildman–Crippen MR) is 61.8 cm³/mol. The summed E-state index contributed by atoms with van der Waals surface area (Å²) in [4.78, 5) is 0. The first-order valence-electron chi connectivity index (χ1n) is 5.95. The van der Waals surface area contributed by atoms with E-state index in [1.54, 1.807) is 0 Å².